The van der Waals surface area contributed by atoms with E-state index in [0.29, 0.717) is 63.6 Å². The van der Waals surface area contributed by atoms with E-state index in [0.717, 1.165) is 6.42 Å². The maximum absolute atomic E-state index is 15.7. The van der Waals surface area contributed by atoms with Crippen LogP contribution in [0.2, 0.25) is 0 Å². The molecule has 3 aromatic heterocycles. The number of hydrogen-bond donors (Lipinski definition) is 1. The van der Waals surface area contributed by atoms with E-state index in [9.17, 15) is 9.59 Å². The van der Waals surface area contributed by atoms with Crippen LogP contribution < -0.4 is 67.4 Å². The van der Waals surface area contributed by atoms with Gasteiger partial charge >= 0.3 is 57.1 Å². The zero-order valence-electron chi connectivity index (χ0n) is 26.0. The quantitative estimate of drug-likeness (QED) is 0.242. The van der Waals surface area contributed by atoms with Gasteiger partial charge in [0.2, 0.25) is 5.88 Å². The number of aromatic nitrogens is 5. The number of nitrogens with zero attached hydrogens (tertiary/aromatic N) is 4. The minimum absolute atomic E-state index is 0. The van der Waals surface area contributed by atoms with Crippen LogP contribution in [-0.4, -0.2) is 30.8 Å². The third kappa shape index (κ3) is 7.30. The van der Waals surface area contributed by atoms with Crippen molar-refractivity contribution in [2.24, 2.45) is 0 Å². The molecule has 0 unspecified atom stereocenters. The molecule has 43 heavy (non-hydrogen) atoms. The van der Waals surface area contributed by atoms with Gasteiger partial charge in [-0.05, 0) is 49.9 Å². The number of halogens is 1. The standard InChI is InChI=1S/C32H32FN5O4.K.H/c1-5-9-27-35-26(6-2)29(21-14-15-28(34-17-21)41-19(3)4)31(39)38(27)18-22-13-12-20(16-25(22)33)23-10-7-8-11-24(23)30-36-32(40)42-37-30;;/h7-8,10-17,19H,5-6,9,18H2,1-4H3,(H,36,37,40);;/q;+1;-1. The second kappa shape index (κ2) is 14.5. The number of hydrogen-bond acceptors (Lipinski definition) is 7. The normalized spacial score (nSPS) is 11.0. The second-order valence-corrected chi connectivity index (χ2v) is 10.2. The third-order valence-electron chi connectivity index (χ3n) is 6.83. The molecule has 218 valence electrons. The SMILES string of the molecule is CCCc1nc(CC)c(-c2ccc(OC(C)C)nc2)c(=O)n1Cc1ccc(-c2ccccc2-c2noc(=O)[nH]2)cc1F.[H-].[K+]. The van der Waals surface area contributed by atoms with E-state index in [1.807, 2.05) is 39.8 Å². The van der Waals surface area contributed by atoms with Crippen molar-refractivity contribution >= 4 is 0 Å². The van der Waals surface area contributed by atoms with E-state index >= 15 is 4.39 Å². The Morgan fingerprint density at radius 3 is 2.40 bits per heavy atom. The molecule has 0 radical (unpaired) electrons. The summed E-state index contributed by atoms with van der Waals surface area (Å²) in [4.78, 5) is 37.3. The average Bonchev–Trinajstić information content (AvgIpc) is 3.42. The molecule has 0 bridgehead atoms. The van der Waals surface area contributed by atoms with E-state index in [1.165, 1.54) is 6.07 Å². The van der Waals surface area contributed by atoms with E-state index in [1.54, 1.807) is 47.2 Å². The zero-order chi connectivity index (χ0) is 29.8. The van der Waals surface area contributed by atoms with Crippen LogP contribution >= 0.6 is 0 Å². The number of H-pyrrole nitrogens is 1. The first kappa shape index (κ1) is 32.7. The second-order valence-electron chi connectivity index (χ2n) is 10.2. The van der Waals surface area contributed by atoms with Gasteiger partial charge in [0.1, 0.15) is 11.6 Å². The minimum atomic E-state index is -0.674. The molecule has 3 heterocycles. The molecule has 0 saturated heterocycles. The van der Waals surface area contributed by atoms with E-state index in [2.05, 4.69) is 19.6 Å². The molecule has 1 N–H and O–H groups in total. The van der Waals surface area contributed by atoms with Gasteiger partial charge in [0, 0.05) is 35.4 Å². The molecule has 0 amide bonds. The summed E-state index contributed by atoms with van der Waals surface area (Å²) >= 11 is 0. The van der Waals surface area contributed by atoms with Gasteiger partial charge in [-0.3, -0.25) is 18.9 Å². The Kier molecular flexibility index (Phi) is 11.0. The fourth-order valence-electron chi connectivity index (χ4n) is 4.91. The van der Waals surface area contributed by atoms with Crippen LogP contribution in [0.25, 0.3) is 33.6 Å². The van der Waals surface area contributed by atoms with Crippen LogP contribution in [0.15, 0.2) is 74.9 Å². The van der Waals surface area contributed by atoms with Crippen molar-refractivity contribution in [3.05, 3.63) is 105 Å². The van der Waals surface area contributed by atoms with Crippen molar-refractivity contribution in [1.82, 2.24) is 24.7 Å². The Morgan fingerprint density at radius 1 is 1.05 bits per heavy atom. The minimum Gasteiger partial charge on any atom is -1.00 e. The molecule has 0 aliphatic rings. The molecule has 0 fully saturated rings. The van der Waals surface area contributed by atoms with E-state index in [4.69, 9.17) is 9.72 Å². The molecule has 5 rings (SSSR count). The Morgan fingerprint density at radius 2 is 1.79 bits per heavy atom. The number of aromatic amines is 1. The fourth-order valence-corrected chi connectivity index (χ4v) is 4.91. The molecule has 11 heteroatoms. The van der Waals surface area contributed by atoms with Crippen LogP contribution in [-0.2, 0) is 19.4 Å². The average molecular weight is 610 g/mol. The van der Waals surface area contributed by atoms with Crippen molar-refractivity contribution in [3.63, 3.8) is 0 Å². The number of ether oxygens (including phenoxy) is 1. The largest absolute Gasteiger partial charge is 1.00 e. The summed E-state index contributed by atoms with van der Waals surface area (Å²) in [7, 11) is 0. The summed E-state index contributed by atoms with van der Waals surface area (Å²) in [5.74, 6) is 0.195. The predicted molar refractivity (Wildman–Crippen MR) is 159 cm³/mol. The van der Waals surface area contributed by atoms with Crippen molar-refractivity contribution in [1.29, 1.82) is 0 Å². The van der Waals surface area contributed by atoms with Gasteiger partial charge in [0.15, 0.2) is 5.82 Å². The number of benzene rings is 2. The molecule has 5 aromatic rings. The summed E-state index contributed by atoms with van der Waals surface area (Å²) in [6.07, 6.45) is 3.51. The van der Waals surface area contributed by atoms with Gasteiger partial charge in [-0.25, -0.2) is 19.2 Å². The molecule has 0 saturated carbocycles. The zero-order valence-corrected chi connectivity index (χ0v) is 28.1. The molecule has 0 aliphatic heterocycles. The molecule has 0 atom stereocenters. The first-order valence-corrected chi connectivity index (χ1v) is 14.0. The fraction of sp³-hybridized carbons (Fsp3) is 0.281. The summed E-state index contributed by atoms with van der Waals surface area (Å²) in [5, 5.41) is 3.78. The van der Waals surface area contributed by atoms with Crippen LogP contribution in [0.4, 0.5) is 4.39 Å². The van der Waals surface area contributed by atoms with Gasteiger partial charge in [0.05, 0.1) is 23.9 Å². The third-order valence-corrected chi connectivity index (χ3v) is 6.83. The van der Waals surface area contributed by atoms with Crippen LogP contribution in [0, 0.1) is 5.82 Å². The molecule has 9 nitrogen and oxygen atoms in total. The van der Waals surface area contributed by atoms with Crippen molar-refractivity contribution in [2.75, 3.05) is 0 Å². The maximum Gasteiger partial charge on any atom is 1.00 e. The topological polar surface area (TPSA) is 116 Å². The van der Waals surface area contributed by atoms with Gasteiger partial charge in [-0.1, -0.05) is 55.4 Å². The molecule has 0 spiro atoms. The Balaban J connectivity index is 0.00000264. The van der Waals surface area contributed by atoms with Crippen molar-refractivity contribution in [2.45, 2.75) is 59.6 Å². The summed E-state index contributed by atoms with van der Waals surface area (Å²) in [6.45, 7) is 7.83. The van der Waals surface area contributed by atoms with Gasteiger partial charge in [0.25, 0.3) is 5.56 Å². The molecule has 2 aromatic carbocycles. The van der Waals surface area contributed by atoms with Gasteiger partial charge < -0.3 is 6.16 Å². The molecule has 0 aliphatic carbocycles. The first-order chi connectivity index (χ1) is 20.3. The van der Waals surface area contributed by atoms with Crippen molar-refractivity contribution in [3.8, 4) is 39.5 Å². The van der Waals surface area contributed by atoms with E-state index < -0.39 is 11.6 Å². The Labute approximate surface area is 292 Å². The van der Waals surface area contributed by atoms with Crippen molar-refractivity contribution < 1.29 is 66.5 Å². The summed E-state index contributed by atoms with van der Waals surface area (Å²) in [5.41, 5.74) is 3.73. The number of rotatable bonds is 10. The number of nitrogens with one attached hydrogen (secondary N) is 1. The number of pyridine rings is 1. The summed E-state index contributed by atoms with van der Waals surface area (Å²) < 4.78 is 27.5. The number of aryl methyl sites for hydroxylation is 2. The monoisotopic (exact) mass is 609 g/mol. The van der Waals surface area contributed by atoms with Crippen LogP contribution in [0.1, 0.15) is 52.6 Å². The Hall–Kier alpha value is -3.22. The summed E-state index contributed by atoms with van der Waals surface area (Å²) in [6, 6.07) is 15.6. The van der Waals surface area contributed by atoms with Crippen LogP contribution in [0.3, 0.4) is 0 Å². The van der Waals surface area contributed by atoms with Crippen LogP contribution in [0.5, 0.6) is 5.88 Å². The Bertz CT molecular complexity index is 1840. The smallest absolute Gasteiger partial charge is 1.00 e. The predicted octanol–water partition coefficient (Wildman–Crippen LogP) is 2.92. The molecular weight excluding hydrogens is 576 g/mol. The maximum atomic E-state index is 15.7. The molecular formula is C32H33FKN5O4. The van der Waals surface area contributed by atoms with Gasteiger partial charge in [-0.2, -0.15) is 0 Å². The first-order valence-electron chi connectivity index (χ1n) is 14.0. The van der Waals surface area contributed by atoms with E-state index in [-0.39, 0.29) is 76.8 Å². The van der Waals surface area contributed by atoms with Gasteiger partial charge in [-0.15, -0.1) is 0 Å².